The van der Waals surface area contributed by atoms with Gasteiger partial charge in [0, 0.05) is 31.3 Å². The number of rotatable bonds is 2. The molecule has 9 heteroatoms. The number of carbonyl (C=O) groups excluding carboxylic acids is 2. The van der Waals surface area contributed by atoms with Crippen molar-refractivity contribution in [3.8, 4) is 5.69 Å². The van der Waals surface area contributed by atoms with Gasteiger partial charge in [-0.1, -0.05) is 0 Å². The highest BCUT2D eigenvalue weighted by molar-refractivity contribution is 6.00. The first-order valence-electron chi connectivity index (χ1n) is 6.65. The number of imidazole rings is 1. The van der Waals surface area contributed by atoms with Gasteiger partial charge in [0.05, 0.1) is 11.6 Å². The number of hydrogen-bond donors (Lipinski definition) is 2. The summed E-state index contributed by atoms with van der Waals surface area (Å²) in [7, 11) is 0. The van der Waals surface area contributed by atoms with E-state index in [0.717, 1.165) is 0 Å². The van der Waals surface area contributed by atoms with Gasteiger partial charge in [-0.3, -0.25) is 10.1 Å². The zero-order valence-corrected chi connectivity index (χ0v) is 11.3. The Bertz CT molecular complexity index is 868. The first kappa shape index (κ1) is 12.5. The Morgan fingerprint density at radius 3 is 2.91 bits per heavy atom. The summed E-state index contributed by atoms with van der Waals surface area (Å²) >= 11 is 0. The van der Waals surface area contributed by atoms with E-state index in [9.17, 15) is 9.59 Å². The summed E-state index contributed by atoms with van der Waals surface area (Å²) in [5.74, 6) is -0.930. The molecule has 3 amide bonds. The van der Waals surface area contributed by atoms with Crippen molar-refractivity contribution < 1.29 is 9.59 Å². The molecular formula is C13H11N7O2. The van der Waals surface area contributed by atoms with Crippen LogP contribution in [0.4, 0.5) is 4.79 Å². The fourth-order valence-corrected chi connectivity index (χ4v) is 2.44. The number of carbonyl (C=O) groups is 2. The van der Waals surface area contributed by atoms with E-state index in [-0.39, 0.29) is 12.5 Å². The Kier molecular flexibility index (Phi) is 2.65. The van der Waals surface area contributed by atoms with Crippen molar-refractivity contribution >= 4 is 17.6 Å². The van der Waals surface area contributed by atoms with Crippen LogP contribution < -0.4 is 10.6 Å². The number of nitrogens with zero attached hydrogens (tertiary/aromatic N) is 5. The third-order valence-corrected chi connectivity index (χ3v) is 3.49. The molecule has 9 nitrogen and oxygen atoms in total. The van der Waals surface area contributed by atoms with Crippen LogP contribution in [0.5, 0.6) is 0 Å². The third-order valence-electron chi connectivity index (χ3n) is 3.49. The molecule has 1 saturated heterocycles. The van der Waals surface area contributed by atoms with Gasteiger partial charge in [-0.05, 0) is 12.1 Å². The minimum Gasteiger partial charge on any atom is -0.337 e. The molecule has 1 aliphatic rings. The molecule has 4 heterocycles. The van der Waals surface area contributed by atoms with E-state index in [2.05, 4.69) is 25.8 Å². The van der Waals surface area contributed by atoms with Crippen LogP contribution in [0.2, 0.25) is 0 Å². The number of aromatic nitrogens is 5. The molecule has 4 rings (SSSR count). The highest BCUT2D eigenvalue weighted by Crippen LogP contribution is 2.21. The molecule has 0 saturated carbocycles. The highest BCUT2D eigenvalue weighted by atomic mass is 16.2. The number of fused-ring (bicyclic) bond motifs is 1. The molecular weight excluding hydrogens is 286 g/mol. The molecule has 2 N–H and O–H groups in total. The summed E-state index contributed by atoms with van der Waals surface area (Å²) in [6, 6.07) is 3.07. The number of amides is 3. The number of imide groups is 1. The maximum absolute atomic E-state index is 12.0. The Labute approximate surface area is 123 Å². The Morgan fingerprint density at radius 2 is 2.14 bits per heavy atom. The first-order chi connectivity index (χ1) is 10.7. The predicted octanol–water partition coefficient (Wildman–Crippen LogP) is -0.162. The second kappa shape index (κ2) is 4.65. The van der Waals surface area contributed by atoms with E-state index in [4.69, 9.17) is 0 Å². The standard InChI is InChI=1S/C13H11N7O2/c21-12-8(7-15-13(22)17-12)9-6-10(19-4-1-2-16-19)11-14-3-5-20(11)18-9/h1-6,8H,7H2,(H2,15,17,21,22). The van der Waals surface area contributed by atoms with Crippen LogP contribution in [0.1, 0.15) is 11.6 Å². The van der Waals surface area contributed by atoms with Crippen molar-refractivity contribution in [2.75, 3.05) is 6.54 Å². The summed E-state index contributed by atoms with van der Waals surface area (Å²) in [5, 5.41) is 13.5. The molecule has 0 aliphatic carbocycles. The van der Waals surface area contributed by atoms with Gasteiger partial charge in [0.15, 0.2) is 5.65 Å². The minimum atomic E-state index is -0.557. The second-order valence-electron chi connectivity index (χ2n) is 4.85. The van der Waals surface area contributed by atoms with Crippen molar-refractivity contribution in [3.05, 3.63) is 42.6 Å². The van der Waals surface area contributed by atoms with Crippen molar-refractivity contribution in [1.29, 1.82) is 0 Å². The van der Waals surface area contributed by atoms with Crippen molar-refractivity contribution in [2.24, 2.45) is 0 Å². The van der Waals surface area contributed by atoms with Crippen LogP contribution in [0.15, 0.2) is 36.9 Å². The smallest absolute Gasteiger partial charge is 0.321 e. The number of urea groups is 1. The zero-order valence-electron chi connectivity index (χ0n) is 11.3. The normalized spacial score (nSPS) is 18.3. The van der Waals surface area contributed by atoms with E-state index in [0.29, 0.717) is 17.0 Å². The van der Waals surface area contributed by atoms with E-state index in [1.54, 1.807) is 46.1 Å². The largest absolute Gasteiger partial charge is 0.337 e. The van der Waals surface area contributed by atoms with Crippen molar-refractivity contribution in [2.45, 2.75) is 5.92 Å². The Morgan fingerprint density at radius 1 is 1.23 bits per heavy atom. The lowest BCUT2D eigenvalue weighted by Crippen LogP contribution is -2.51. The Balaban J connectivity index is 1.85. The molecule has 0 aromatic carbocycles. The van der Waals surface area contributed by atoms with Crippen LogP contribution in [0, 0.1) is 0 Å². The van der Waals surface area contributed by atoms with Crippen LogP contribution in [-0.2, 0) is 4.79 Å². The van der Waals surface area contributed by atoms with Gasteiger partial charge in [0.25, 0.3) is 0 Å². The first-order valence-corrected chi connectivity index (χ1v) is 6.65. The molecule has 1 atom stereocenters. The lowest BCUT2D eigenvalue weighted by molar-refractivity contribution is -0.122. The van der Waals surface area contributed by atoms with Crippen molar-refractivity contribution in [1.82, 2.24) is 35.0 Å². The van der Waals surface area contributed by atoms with Gasteiger partial charge in [-0.2, -0.15) is 10.2 Å². The number of nitrogens with one attached hydrogen (secondary N) is 2. The van der Waals surface area contributed by atoms with Crippen molar-refractivity contribution in [3.63, 3.8) is 0 Å². The monoisotopic (exact) mass is 297 g/mol. The van der Waals surface area contributed by atoms with E-state index >= 15 is 0 Å². The summed E-state index contributed by atoms with van der Waals surface area (Å²) in [6.07, 6.45) is 6.77. The molecule has 0 radical (unpaired) electrons. The SMILES string of the molecule is O=C1NCC(c2cc(-n3cccn3)c3nccn3n2)C(=O)N1. The van der Waals surface area contributed by atoms with Crippen LogP contribution >= 0.6 is 0 Å². The molecule has 3 aromatic heterocycles. The van der Waals surface area contributed by atoms with Gasteiger partial charge in [0.1, 0.15) is 5.69 Å². The molecule has 0 bridgehead atoms. The predicted molar refractivity (Wildman–Crippen MR) is 74.4 cm³/mol. The number of hydrogen-bond acceptors (Lipinski definition) is 5. The maximum atomic E-state index is 12.0. The fraction of sp³-hybridized carbons (Fsp3) is 0.154. The molecule has 22 heavy (non-hydrogen) atoms. The molecule has 1 unspecified atom stereocenters. The average Bonchev–Trinajstić information content (AvgIpc) is 3.17. The average molecular weight is 297 g/mol. The van der Waals surface area contributed by atoms with Gasteiger partial charge in [-0.15, -0.1) is 0 Å². The van der Waals surface area contributed by atoms with E-state index in [1.165, 1.54) is 0 Å². The van der Waals surface area contributed by atoms with Crippen LogP contribution in [0.3, 0.4) is 0 Å². The summed E-state index contributed by atoms with van der Waals surface area (Å²) in [6.45, 7) is 0.205. The minimum absolute atomic E-state index is 0.205. The summed E-state index contributed by atoms with van der Waals surface area (Å²) < 4.78 is 3.25. The van der Waals surface area contributed by atoms with Gasteiger partial charge in [-0.25, -0.2) is 19.0 Å². The van der Waals surface area contributed by atoms with Gasteiger partial charge in [0.2, 0.25) is 5.91 Å². The highest BCUT2D eigenvalue weighted by Gasteiger charge is 2.30. The third kappa shape index (κ3) is 1.91. The van der Waals surface area contributed by atoms with Crippen LogP contribution in [-0.4, -0.2) is 42.9 Å². The topological polar surface area (TPSA) is 106 Å². The Hall–Kier alpha value is -3.23. The lowest BCUT2D eigenvalue weighted by atomic mass is 10.0. The summed E-state index contributed by atoms with van der Waals surface area (Å²) in [4.78, 5) is 27.5. The van der Waals surface area contributed by atoms with Crippen LogP contribution in [0.25, 0.3) is 11.3 Å². The van der Waals surface area contributed by atoms with Gasteiger partial charge < -0.3 is 5.32 Å². The molecule has 0 spiro atoms. The molecule has 3 aromatic rings. The molecule has 110 valence electrons. The fourth-order valence-electron chi connectivity index (χ4n) is 2.44. The zero-order chi connectivity index (χ0) is 15.1. The second-order valence-corrected chi connectivity index (χ2v) is 4.85. The van der Waals surface area contributed by atoms with E-state index in [1.807, 2.05) is 0 Å². The van der Waals surface area contributed by atoms with Gasteiger partial charge >= 0.3 is 6.03 Å². The molecule has 1 aliphatic heterocycles. The lowest BCUT2D eigenvalue weighted by Gasteiger charge is -2.22. The quantitative estimate of drug-likeness (QED) is 0.683. The maximum Gasteiger partial charge on any atom is 0.321 e. The van der Waals surface area contributed by atoms with E-state index < -0.39 is 11.9 Å². The molecule has 1 fully saturated rings. The summed E-state index contributed by atoms with van der Waals surface area (Å²) in [5.41, 5.74) is 1.88.